The predicted molar refractivity (Wildman–Crippen MR) is 173 cm³/mol. The first-order chi connectivity index (χ1) is 23.9. The molecule has 0 unspecified atom stereocenters. The summed E-state index contributed by atoms with van der Waals surface area (Å²) in [5.74, 6) is -1.11. The molecular formula is C31H31ClF3N9O6. The van der Waals surface area contributed by atoms with E-state index >= 15 is 0 Å². The van der Waals surface area contributed by atoms with Crippen molar-refractivity contribution in [3.8, 4) is 0 Å². The van der Waals surface area contributed by atoms with Crippen molar-refractivity contribution in [1.29, 1.82) is 0 Å². The Morgan fingerprint density at radius 3 is 2.52 bits per heavy atom. The van der Waals surface area contributed by atoms with Crippen molar-refractivity contribution in [2.24, 2.45) is 0 Å². The second kappa shape index (κ2) is 14.3. The zero-order valence-corrected chi connectivity index (χ0v) is 27.4. The van der Waals surface area contributed by atoms with Gasteiger partial charge in [-0.1, -0.05) is 29.8 Å². The maximum absolute atomic E-state index is 14.1. The molecule has 1 fully saturated rings. The lowest BCUT2D eigenvalue weighted by atomic mass is 10.1. The van der Waals surface area contributed by atoms with Crippen LogP contribution in [-0.2, 0) is 33.5 Å². The van der Waals surface area contributed by atoms with Gasteiger partial charge in [0.15, 0.2) is 11.5 Å². The standard InChI is InChI=1S/C31H31ClF3N9O6/c1-2-23-26(42-10-8-41(9-11-42)25(46)16-36-28(47)22-7-14-50-40-22)29(48)44-30(38-27(39-44)18-5-12-49-13-6-18)43(23)17-24(45)37-21-4-3-19(15-20(21)32)31(33,34)35/h3-5,7,14-15H,2,6,8-13,16-17H2,1H3,(H,36,47)(H,37,45). The average molecular weight is 718 g/mol. The van der Waals surface area contributed by atoms with Gasteiger partial charge in [-0.05, 0) is 36.6 Å². The molecule has 0 bridgehead atoms. The number of carbonyl (C=O) groups excluding carboxylic acids is 3. The summed E-state index contributed by atoms with van der Waals surface area (Å²) in [6.07, 6.45) is -0.742. The SMILES string of the molecule is CCc1c(N2CCN(C(=O)CNC(=O)c3ccon3)CC2)c(=O)n2nc(C3=CCOCC3)nc2n1CC(=O)Nc1ccc(C(F)(F)F)cc1Cl. The fraction of sp³-hybridized carbons (Fsp3) is 0.387. The number of nitrogens with zero attached hydrogens (tertiary/aromatic N) is 7. The van der Waals surface area contributed by atoms with Crippen LogP contribution < -0.4 is 21.1 Å². The zero-order valence-electron chi connectivity index (χ0n) is 26.6. The molecule has 19 heteroatoms. The lowest BCUT2D eigenvalue weighted by molar-refractivity contribution is -0.137. The second-order valence-electron chi connectivity index (χ2n) is 11.4. The van der Waals surface area contributed by atoms with E-state index in [-0.39, 0.29) is 73.0 Å². The molecule has 2 aliphatic rings. The molecule has 4 aromatic rings. The summed E-state index contributed by atoms with van der Waals surface area (Å²) in [7, 11) is 0. The van der Waals surface area contributed by atoms with Crippen LogP contribution in [0.1, 0.15) is 40.9 Å². The number of amides is 3. The van der Waals surface area contributed by atoms with Crippen LogP contribution in [0.5, 0.6) is 0 Å². The number of carbonyl (C=O) groups is 3. The van der Waals surface area contributed by atoms with Gasteiger partial charge in [0, 0.05) is 32.2 Å². The van der Waals surface area contributed by atoms with Gasteiger partial charge < -0.3 is 34.3 Å². The predicted octanol–water partition coefficient (Wildman–Crippen LogP) is 2.63. The molecule has 50 heavy (non-hydrogen) atoms. The van der Waals surface area contributed by atoms with Gasteiger partial charge in [0.1, 0.15) is 18.5 Å². The number of halogens is 4. The van der Waals surface area contributed by atoms with Gasteiger partial charge in [-0.2, -0.15) is 22.7 Å². The molecule has 0 spiro atoms. The summed E-state index contributed by atoms with van der Waals surface area (Å²) < 4.78 is 52.3. The number of nitrogens with one attached hydrogen (secondary N) is 2. The second-order valence-corrected chi connectivity index (χ2v) is 11.8. The fourth-order valence-corrected chi connectivity index (χ4v) is 6.02. The lowest BCUT2D eigenvalue weighted by Gasteiger charge is -2.36. The molecule has 5 heterocycles. The Morgan fingerprint density at radius 2 is 1.88 bits per heavy atom. The summed E-state index contributed by atoms with van der Waals surface area (Å²) in [5.41, 5.74) is 0.103. The van der Waals surface area contributed by atoms with E-state index in [9.17, 15) is 32.3 Å². The van der Waals surface area contributed by atoms with Crippen LogP contribution in [0.2, 0.25) is 5.02 Å². The van der Waals surface area contributed by atoms with Crippen LogP contribution in [0.25, 0.3) is 11.4 Å². The molecule has 0 saturated carbocycles. The molecule has 3 aromatic heterocycles. The number of hydrogen-bond donors (Lipinski definition) is 2. The molecule has 6 rings (SSSR count). The number of hydrogen-bond acceptors (Lipinski definition) is 10. The molecule has 0 atom stereocenters. The summed E-state index contributed by atoms with van der Waals surface area (Å²) in [6, 6.07) is 3.99. The molecule has 0 aliphatic carbocycles. The maximum atomic E-state index is 14.1. The molecule has 2 N–H and O–H groups in total. The van der Waals surface area contributed by atoms with E-state index < -0.39 is 29.1 Å². The van der Waals surface area contributed by atoms with Gasteiger partial charge in [-0.3, -0.25) is 19.2 Å². The van der Waals surface area contributed by atoms with E-state index in [4.69, 9.17) is 16.3 Å². The first kappa shape index (κ1) is 34.6. The van der Waals surface area contributed by atoms with Crippen LogP contribution in [0, 0.1) is 0 Å². The van der Waals surface area contributed by atoms with Gasteiger partial charge in [-0.15, -0.1) is 5.10 Å². The smallest absolute Gasteiger partial charge is 0.377 e. The highest BCUT2D eigenvalue weighted by Gasteiger charge is 2.32. The topological polar surface area (TPSA) is 169 Å². The number of aromatic nitrogens is 5. The van der Waals surface area contributed by atoms with Gasteiger partial charge in [0.2, 0.25) is 17.6 Å². The van der Waals surface area contributed by atoms with E-state index in [1.54, 1.807) is 9.47 Å². The molecule has 2 aliphatic heterocycles. The van der Waals surface area contributed by atoms with Crippen molar-refractivity contribution in [3.63, 3.8) is 0 Å². The Bertz CT molecular complexity index is 2020. The minimum atomic E-state index is -4.61. The van der Waals surface area contributed by atoms with Gasteiger partial charge in [0.25, 0.3) is 11.5 Å². The average Bonchev–Trinajstić information content (AvgIpc) is 3.81. The van der Waals surface area contributed by atoms with Crippen molar-refractivity contribution < 1.29 is 36.8 Å². The Hall–Kier alpha value is -5.23. The van der Waals surface area contributed by atoms with E-state index in [1.165, 1.54) is 12.3 Å². The minimum Gasteiger partial charge on any atom is -0.377 e. The first-order valence-corrected chi connectivity index (χ1v) is 16.0. The molecule has 0 radical (unpaired) electrons. The Balaban J connectivity index is 1.28. The third-order valence-electron chi connectivity index (χ3n) is 8.30. The largest absolute Gasteiger partial charge is 0.416 e. The van der Waals surface area contributed by atoms with Crippen molar-refractivity contribution in [2.45, 2.75) is 32.5 Å². The first-order valence-electron chi connectivity index (χ1n) is 15.6. The molecule has 15 nitrogen and oxygen atoms in total. The quantitative estimate of drug-likeness (QED) is 0.263. The van der Waals surface area contributed by atoms with Crippen LogP contribution in [0.15, 0.2) is 45.9 Å². The third-order valence-corrected chi connectivity index (χ3v) is 8.62. The lowest BCUT2D eigenvalue weighted by Crippen LogP contribution is -2.52. The summed E-state index contributed by atoms with van der Waals surface area (Å²) in [5, 5.41) is 12.8. The van der Waals surface area contributed by atoms with Crippen LogP contribution in [0.4, 0.5) is 24.5 Å². The van der Waals surface area contributed by atoms with E-state index in [2.05, 4.69) is 30.4 Å². The monoisotopic (exact) mass is 717 g/mol. The highest BCUT2D eigenvalue weighted by Crippen LogP contribution is 2.34. The molecular weight excluding hydrogens is 687 g/mol. The Labute approximate surface area is 286 Å². The van der Waals surface area contributed by atoms with Crippen molar-refractivity contribution in [1.82, 2.24) is 34.5 Å². The Morgan fingerprint density at radius 1 is 1.10 bits per heavy atom. The van der Waals surface area contributed by atoms with Gasteiger partial charge in [0.05, 0.1) is 41.7 Å². The third kappa shape index (κ3) is 7.20. The molecule has 1 aromatic carbocycles. The molecule has 264 valence electrons. The van der Waals surface area contributed by atoms with E-state index in [0.29, 0.717) is 37.6 Å². The summed E-state index contributed by atoms with van der Waals surface area (Å²) in [6.45, 7) is 2.97. The normalized spacial score (nSPS) is 15.3. The van der Waals surface area contributed by atoms with Crippen LogP contribution in [0.3, 0.4) is 0 Å². The highest BCUT2D eigenvalue weighted by atomic mass is 35.5. The summed E-state index contributed by atoms with van der Waals surface area (Å²) in [4.78, 5) is 60.6. The maximum Gasteiger partial charge on any atom is 0.416 e. The van der Waals surface area contributed by atoms with Crippen molar-refractivity contribution in [2.75, 3.05) is 56.2 Å². The molecule has 3 amide bonds. The fourth-order valence-electron chi connectivity index (χ4n) is 5.79. The number of rotatable bonds is 9. The molecule has 1 saturated heterocycles. The number of ether oxygens (including phenoxy) is 1. The summed E-state index contributed by atoms with van der Waals surface area (Å²) >= 11 is 6.10. The number of benzene rings is 1. The Kier molecular flexibility index (Phi) is 9.92. The van der Waals surface area contributed by atoms with E-state index in [1.807, 2.05) is 17.9 Å². The minimum absolute atomic E-state index is 0.0208. The van der Waals surface area contributed by atoms with Crippen molar-refractivity contribution in [3.05, 3.63) is 74.8 Å². The number of anilines is 2. The van der Waals surface area contributed by atoms with Crippen LogP contribution >= 0.6 is 11.6 Å². The van der Waals surface area contributed by atoms with Gasteiger partial charge in [-0.25, -0.2) is 0 Å². The van der Waals surface area contributed by atoms with Gasteiger partial charge >= 0.3 is 6.18 Å². The number of alkyl halides is 3. The van der Waals surface area contributed by atoms with Crippen LogP contribution in [-0.4, -0.2) is 92.9 Å². The number of piperazine rings is 1. The number of fused-ring (bicyclic) bond motifs is 1. The van der Waals surface area contributed by atoms with E-state index in [0.717, 1.165) is 28.3 Å². The van der Waals surface area contributed by atoms with Crippen molar-refractivity contribution >= 4 is 52.0 Å². The highest BCUT2D eigenvalue weighted by molar-refractivity contribution is 6.33. The zero-order chi connectivity index (χ0) is 35.6.